The summed E-state index contributed by atoms with van der Waals surface area (Å²) in [6, 6.07) is 12.8. The maximum absolute atomic E-state index is 13.6. The van der Waals surface area contributed by atoms with E-state index in [4.69, 9.17) is 13.9 Å². The Bertz CT molecular complexity index is 1400. The maximum Gasteiger partial charge on any atom is 0.257 e. The van der Waals surface area contributed by atoms with Crippen LogP contribution in [-0.4, -0.2) is 44.3 Å². The van der Waals surface area contributed by atoms with Gasteiger partial charge in [0.05, 0.1) is 49.6 Å². The lowest BCUT2D eigenvalue weighted by Gasteiger charge is -2.30. The van der Waals surface area contributed by atoms with Gasteiger partial charge in [-0.2, -0.15) is 0 Å². The van der Waals surface area contributed by atoms with Crippen LogP contribution in [0.15, 0.2) is 64.2 Å². The monoisotopic (exact) mass is 459 g/mol. The number of aromatic amines is 1. The van der Waals surface area contributed by atoms with Gasteiger partial charge in [-0.05, 0) is 42.3 Å². The molecule has 1 saturated heterocycles. The molecule has 0 radical (unpaired) electrons. The van der Waals surface area contributed by atoms with Gasteiger partial charge < -0.3 is 29.1 Å². The molecular weight excluding hydrogens is 434 g/mol. The highest BCUT2D eigenvalue weighted by atomic mass is 16.5. The predicted molar refractivity (Wildman–Crippen MR) is 131 cm³/mol. The number of hydrogen-bond acceptors (Lipinski definition) is 6. The lowest BCUT2D eigenvalue weighted by Crippen LogP contribution is -2.37. The zero-order valence-electron chi connectivity index (χ0n) is 19.0. The molecule has 3 heterocycles. The van der Waals surface area contributed by atoms with E-state index in [9.17, 15) is 9.59 Å². The van der Waals surface area contributed by atoms with Crippen LogP contribution < -0.4 is 20.5 Å². The Morgan fingerprint density at radius 2 is 1.91 bits per heavy atom. The summed E-state index contributed by atoms with van der Waals surface area (Å²) in [5.74, 6) is 0.201. The number of nitrogens with zero attached hydrogens (tertiary/aromatic N) is 1. The lowest BCUT2D eigenvalue weighted by atomic mass is 10.0. The Labute approximate surface area is 196 Å². The summed E-state index contributed by atoms with van der Waals surface area (Å²) in [6.45, 7) is 4.50. The highest BCUT2D eigenvalue weighted by molar-refractivity contribution is 6.10. The SMILES string of the molecule is COc1cc2[nH]c(=O)cc(C)c2cc1NC(=O)c1cc(-c2ccoc2)ccc1N1CCOCC1. The number of morpholine rings is 1. The van der Waals surface area contributed by atoms with Gasteiger partial charge in [-0.25, -0.2) is 0 Å². The largest absolute Gasteiger partial charge is 0.494 e. The first-order valence-corrected chi connectivity index (χ1v) is 11.1. The average molecular weight is 460 g/mol. The molecule has 2 N–H and O–H groups in total. The number of ether oxygens (including phenoxy) is 2. The van der Waals surface area contributed by atoms with Crippen LogP contribution >= 0.6 is 0 Å². The van der Waals surface area contributed by atoms with Gasteiger partial charge >= 0.3 is 0 Å². The summed E-state index contributed by atoms with van der Waals surface area (Å²) in [5, 5.41) is 3.86. The van der Waals surface area contributed by atoms with E-state index in [1.54, 1.807) is 18.6 Å². The number of nitrogens with one attached hydrogen (secondary N) is 2. The number of hydrogen-bond donors (Lipinski definition) is 2. The third-order valence-corrected chi connectivity index (χ3v) is 6.07. The summed E-state index contributed by atoms with van der Waals surface area (Å²) < 4.78 is 16.3. The molecule has 0 aliphatic carbocycles. The Balaban J connectivity index is 1.56. The number of amides is 1. The van der Waals surface area contributed by atoms with Crippen LogP contribution in [0.1, 0.15) is 15.9 Å². The number of furan rings is 1. The van der Waals surface area contributed by atoms with Gasteiger partial charge in [0, 0.05) is 41.9 Å². The Morgan fingerprint density at radius 1 is 1.09 bits per heavy atom. The van der Waals surface area contributed by atoms with E-state index in [2.05, 4.69) is 15.2 Å². The molecule has 0 spiro atoms. The van der Waals surface area contributed by atoms with Gasteiger partial charge in [-0.1, -0.05) is 6.07 Å². The molecule has 0 atom stereocenters. The zero-order chi connectivity index (χ0) is 23.7. The Morgan fingerprint density at radius 3 is 2.65 bits per heavy atom. The van der Waals surface area contributed by atoms with Crippen molar-refractivity contribution in [1.82, 2.24) is 4.98 Å². The number of pyridine rings is 1. The molecule has 4 aromatic rings. The van der Waals surface area contributed by atoms with E-state index >= 15 is 0 Å². The fraction of sp³-hybridized carbons (Fsp3) is 0.231. The molecule has 8 heteroatoms. The van der Waals surface area contributed by atoms with Crippen molar-refractivity contribution in [2.24, 2.45) is 0 Å². The number of aryl methyl sites for hydroxylation is 1. The van der Waals surface area contributed by atoms with Crippen LogP contribution in [0.5, 0.6) is 5.75 Å². The van der Waals surface area contributed by atoms with Crippen LogP contribution in [0, 0.1) is 6.92 Å². The number of rotatable bonds is 5. The van der Waals surface area contributed by atoms with Gasteiger partial charge in [0.25, 0.3) is 5.91 Å². The average Bonchev–Trinajstić information content (AvgIpc) is 3.39. The molecule has 2 aromatic heterocycles. The highest BCUT2D eigenvalue weighted by Crippen LogP contribution is 2.33. The van der Waals surface area contributed by atoms with Crippen LogP contribution in [0.4, 0.5) is 11.4 Å². The molecule has 0 unspecified atom stereocenters. The van der Waals surface area contributed by atoms with Crippen molar-refractivity contribution in [1.29, 1.82) is 0 Å². The number of anilines is 2. The number of fused-ring (bicyclic) bond motifs is 1. The molecule has 8 nitrogen and oxygen atoms in total. The molecule has 2 aromatic carbocycles. The van der Waals surface area contributed by atoms with Crippen LogP contribution in [0.3, 0.4) is 0 Å². The second-order valence-corrected chi connectivity index (χ2v) is 8.21. The number of carbonyl (C=O) groups excluding carboxylic acids is 1. The molecule has 1 amide bonds. The van der Waals surface area contributed by atoms with Crippen LogP contribution in [0.2, 0.25) is 0 Å². The number of carbonyl (C=O) groups is 1. The van der Waals surface area contributed by atoms with Crippen molar-refractivity contribution < 1.29 is 18.7 Å². The van der Waals surface area contributed by atoms with Crippen molar-refractivity contribution in [2.45, 2.75) is 6.92 Å². The van der Waals surface area contributed by atoms with E-state index in [-0.39, 0.29) is 11.5 Å². The molecule has 34 heavy (non-hydrogen) atoms. The summed E-state index contributed by atoms with van der Waals surface area (Å²) in [7, 11) is 1.53. The smallest absolute Gasteiger partial charge is 0.257 e. The second-order valence-electron chi connectivity index (χ2n) is 8.21. The fourth-order valence-corrected chi connectivity index (χ4v) is 4.32. The van der Waals surface area contributed by atoms with Crippen LogP contribution in [-0.2, 0) is 4.74 Å². The van der Waals surface area contributed by atoms with Crippen molar-refractivity contribution in [3.05, 3.63) is 76.5 Å². The van der Waals surface area contributed by atoms with Crippen molar-refractivity contribution >= 4 is 28.2 Å². The number of aromatic nitrogens is 1. The minimum atomic E-state index is -0.258. The normalized spacial score (nSPS) is 13.8. The quantitative estimate of drug-likeness (QED) is 0.465. The molecule has 0 bridgehead atoms. The van der Waals surface area contributed by atoms with E-state index < -0.39 is 0 Å². The first-order valence-electron chi connectivity index (χ1n) is 11.1. The summed E-state index contributed by atoms with van der Waals surface area (Å²) in [4.78, 5) is 30.5. The third kappa shape index (κ3) is 4.15. The lowest BCUT2D eigenvalue weighted by molar-refractivity contribution is 0.102. The zero-order valence-corrected chi connectivity index (χ0v) is 19.0. The number of H-pyrrole nitrogens is 1. The van der Waals surface area contributed by atoms with E-state index in [1.807, 2.05) is 37.3 Å². The minimum absolute atomic E-state index is 0.185. The Kier molecular flexibility index (Phi) is 5.81. The molecule has 5 rings (SSSR count). The van der Waals surface area contributed by atoms with Gasteiger partial charge in [-0.3, -0.25) is 9.59 Å². The molecular formula is C26H25N3O5. The van der Waals surface area contributed by atoms with E-state index in [0.717, 1.165) is 27.8 Å². The number of methoxy groups -OCH3 is 1. The van der Waals surface area contributed by atoms with Crippen molar-refractivity contribution in [3.63, 3.8) is 0 Å². The van der Waals surface area contributed by atoms with Gasteiger partial charge in [0.2, 0.25) is 5.56 Å². The van der Waals surface area contributed by atoms with E-state index in [0.29, 0.717) is 48.8 Å². The fourth-order valence-electron chi connectivity index (χ4n) is 4.32. The molecule has 1 aliphatic heterocycles. The van der Waals surface area contributed by atoms with Crippen LogP contribution in [0.25, 0.3) is 22.0 Å². The van der Waals surface area contributed by atoms with E-state index in [1.165, 1.54) is 13.2 Å². The van der Waals surface area contributed by atoms with Crippen molar-refractivity contribution in [2.75, 3.05) is 43.6 Å². The first-order chi connectivity index (χ1) is 16.5. The summed E-state index contributed by atoms with van der Waals surface area (Å²) >= 11 is 0. The summed E-state index contributed by atoms with van der Waals surface area (Å²) in [6.07, 6.45) is 3.26. The van der Waals surface area contributed by atoms with Gasteiger partial charge in [0.15, 0.2) is 0 Å². The maximum atomic E-state index is 13.6. The van der Waals surface area contributed by atoms with Gasteiger partial charge in [-0.15, -0.1) is 0 Å². The van der Waals surface area contributed by atoms with Crippen molar-refractivity contribution in [3.8, 4) is 16.9 Å². The Hall–Kier alpha value is -4.04. The molecule has 1 aliphatic rings. The molecule has 0 saturated carbocycles. The predicted octanol–water partition coefficient (Wildman–Crippen LogP) is 4.19. The first kappa shape index (κ1) is 21.8. The third-order valence-electron chi connectivity index (χ3n) is 6.07. The number of benzene rings is 2. The molecule has 174 valence electrons. The minimum Gasteiger partial charge on any atom is -0.494 e. The standard InChI is InChI=1S/C26H25N3O5/c1-16-11-25(30)27-21-14-24(32-2)22(13-19(16)21)28-26(31)20-12-17(18-5-8-34-15-18)3-4-23(20)29-6-9-33-10-7-29/h3-5,8,11-15H,6-7,9-10H2,1-2H3,(H,27,30)(H,28,31). The molecule has 1 fully saturated rings. The topological polar surface area (TPSA) is 96.8 Å². The summed E-state index contributed by atoms with van der Waals surface area (Å²) in [5.41, 5.74) is 4.96. The van der Waals surface area contributed by atoms with Gasteiger partial charge in [0.1, 0.15) is 5.75 Å². The highest BCUT2D eigenvalue weighted by Gasteiger charge is 2.21. The second kappa shape index (κ2) is 9.07.